The van der Waals surface area contributed by atoms with Gasteiger partial charge in [-0.1, -0.05) is 17.7 Å². The highest BCUT2D eigenvalue weighted by Crippen LogP contribution is 2.30. The van der Waals surface area contributed by atoms with E-state index in [0.717, 1.165) is 17.1 Å². The Labute approximate surface area is 108 Å². The average Bonchev–Trinajstić information content (AvgIpc) is 2.30. The fourth-order valence-electron chi connectivity index (χ4n) is 2.51. The molecule has 94 valence electrons. The van der Waals surface area contributed by atoms with E-state index in [1.54, 1.807) is 6.33 Å². The SMILES string of the molecule is CNc1ncnc(-c2c(C)cc(C)cc2C)c1C. The van der Waals surface area contributed by atoms with Gasteiger partial charge in [0.05, 0.1) is 5.69 Å². The molecule has 1 heterocycles. The van der Waals surface area contributed by atoms with Gasteiger partial charge in [0, 0.05) is 18.2 Å². The largest absolute Gasteiger partial charge is 0.373 e. The number of aromatic nitrogens is 2. The summed E-state index contributed by atoms with van der Waals surface area (Å²) in [5.74, 6) is 0.888. The van der Waals surface area contributed by atoms with Crippen molar-refractivity contribution in [1.82, 2.24) is 9.97 Å². The smallest absolute Gasteiger partial charge is 0.132 e. The second-order valence-corrected chi connectivity index (χ2v) is 4.72. The zero-order chi connectivity index (χ0) is 13.3. The van der Waals surface area contributed by atoms with Gasteiger partial charge in [0.25, 0.3) is 0 Å². The number of hydrogen-bond donors (Lipinski definition) is 1. The molecule has 0 aliphatic rings. The molecule has 0 unspecified atom stereocenters. The van der Waals surface area contributed by atoms with Crippen molar-refractivity contribution in [3.63, 3.8) is 0 Å². The van der Waals surface area contributed by atoms with E-state index in [2.05, 4.69) is 55.1 Å². The third-order valence-corrected chi connectivity index (χ3v) is 3.23. The summed E-state index contributed by atoms with van der Waals surface area (Å²) >= 11 is 0. The molecule has 18 heavy (non-hydrogen) atoms. The maximum absolute atomic E-state index is 4.46. The molecule has 0 spiro atoms. The Morgan fingerprint density at radius 3 is 2.11 bits per heavy atom. The van der Waals surface area contributed by atoms with Gasteiger partial charge in [-0.2, -0.15) is 0 Å². The minimum absolute atomic E-state index is 0.888. The van der Waals surface area contributed by atoms with Crippen LogP contribution in [-0.4, -0.2) is 17.0 Å². The van der Waals surface area contributed by atoms with Crippen LogP contribution in [-0.2, 0) is 0 Å². The fourth-order valence-corrected chi connectivity index (χ4v) is 2.51. The number of rotatable bonds is 2. The summed E-state index contributed by atoms with van der Waals surface area (Å²) in [5, 5.41) is 3.10. The monoisotopic (exact) mass is 241 g/mol. The third kappa shape index (κ3) is 2.08. The maximum atomic E-state index is 4.46. The number of benzene rings is 1. The van der Waals surface area contributed by atoms with Gasteiger partial charge in [0.2, 0.25) is 0 Å². The molecular weight excluding hydrogens is 222 g/mol. The van der Waals surface area contributed by atoms with Crippen LogP contribution in [0, 0.1) is 27.7 Å². The summed E-state index contributed by atoms with van der Waals surface area (Å²) in [6.45, 7) is 8.45. The molecule has 0 fully saturated rings. The molecule has 1 N–H and O–H groups in total. The fraction of sp³-hybridized carbons (Fsp3) is 0.333. The van der Waals surface area contributed by atoms with Gasteiger partial charge < -0.3 is 5.32 Å². The van der Waals surface area contributed by atoms with Gasteiger partial charge in [-0.15, -0.1) is 0 Å². The van der Waals surface area contributed by atoms with Crippen LogP contribution in [0.25, 0.3) is 11.3 Å². The van der Waals surface area contributed by atoms with Gasteiger partial charge in [0.1, 0.15) is 12.1 Å². The second-order valence-electron chi connectivity index (χ2n) is 4.72. The molecule has 0 saturated carbocycles. The number of aryl methyl sites for hydroxylation is 3. The Bertz CT molecular complexity index is 565. The summed E-state index contributed by atoms with van der Waals surface area (Å²) in [4.78, 5) is 8.69. The van der Waals surface area contributed by atoms with Crippen molar-refractivity contribution in [3.8, 4) is 11.3 Å². The Kier molecular flexibility index (Phi) is 3.32. The van der Waals surface area contributed by atoms with Crippen LogP contribution < -0.4 is 5.32 Å². The predicted octanol–water partition coefficient (Wildman–Crippen LogP) is 3.42. The Hall–Kier alpha value is -1.90. The van der Waals surface area contributed by atoms with Crippen molar-refractivity contribution in [1.29, 1.82) is 0 Å². The molecule has 2 rings (SSSR count). The lowest BCUT2D eigenvalue weighted by atomic mass is 9.95. The minimum Gasteiger partial charge on any atom is -0.373 e. The van der Waals surface area contributed by atoms with Crippen molar-refractivity contribution in [3.05, 3.63) is 40.7 Å². The molecule has 1 aromatic heterocycles. The van der Waals surface area contributed by atoms with E-state index in [9.17, 15) is 0 Å². The van der Waals surface area contributed by atoms with Crippen LogP contribution in [0.2, 0.25) is 0 Å². The lowest BCUT2D eigenvalue weighted by molar-refractivity contribution is 1.12. The average molecular weight is 241 g/mol. The van der Waals surface area contributed by atoms with Crippen LogP contribution in [0.1, 0.15) is 22.3 Å². The van der Waals surface area contributed by atoms with E-state index in [4.69, 9.17) is 0 Å². The zero-order valence-corrected chi connectivity index (χ0v) is 11.6. The number of anilines is 1. The maximum Gasteiger partial charge on any atom is 0.132 e. The van der Waals surface area contributed by atoms with E-state index >= 15 is 0 Å². The summed E-state index contributed by atoms with van der Waals surface area (Å²) in [7, 11) is 1.88. The van der Waals surface area contributed by atoms with E-state index in [0.29, 0.717) is 0 Å². The first kappa shape index (κ1) is 12.6. The first-order chi connectivity index (χ1) is 8.54. The zero-order valence-electron chi connectivity index (χ0n) is 11.6. The van der Waals surface area contributed by atoms with Gasteiger partial charge in [-0.25, -0.2) is 9.97 Å². The molecule has 0 aliphatic carbocycles. The Balaban J connectivity index is 2.70. The van der Waals surface area contributed by atoms with Crippen LogP contribution in [0.15, 0.2) is 18.5 Å². The predicted molar refractivity (Wildman–Crippen MR) is 76.0 cm³/mol. The highest BCUT2D eigenvalue weighted by atomic mass is 15.0. The second kappa shape index (κ2) is 4.77. The molecule has 0 radical (unpaired) electrons. The molecule has 0 atom stereocenters. The molecule has 0 saturated heterocycles. The highest BCUT2D eigenvalue weighted by molar-refractivity contribution is 5.73. The van der Waals surface area contributed by atoms with Gasteiger partial charge in [-0.05, 0) is 38.8 Å². The van der Waals surface area contributed by atoms with E-state index in [1.807, 2.05) is 7.05 Å². The van der Waals surface area contributed by atoms with Crippen LogP contribution in [0.4, 0.5) is 5.82 Å². The quantitative estimate of drug-likeness (QED) is 0.875. The van der Waals surface area contributed by atoms with Crippen molar-refractivity contribution in [2.75, 3.05) is 12.4 Å². The molecule has 0 amide bonds. The third-order valence-electron chi connectivity index (χ3n) is 3.23. The van der Waals surface area contributed by atoms with Crippen LogP contribution in [0.5, 0.6) is 0 Å². The first-order valence-corrected chi connectivity index (χ1v) is 6.12. The van der Waals surface area contributed by atoms with Gasteiger partial charge in [0.15, 0.2) is 0 Å². The van der Waals surface area contributed by atoms with Crippen molar-refractivity contribution in [2.45, 2.75) is 27.7 Å². The van der Waals surface area contributed by atoms with E-state index < -0.39 is 0 Å². The van der Waals surface area contributed by atoms with Crippen molar-refractivity contribution < 1.29 is 0 Å². The van der Waals surface area contributed by atoms with Gasteiger partial charge >= 0.3 is 0 Å². The number of hydrogen-bond acceptors (Lipinski definition) is 3. The van der Waals surface area contributed by atoms with Crippen LogP contribution in [0.3, 0.4) is 0 Å². The van der Waals surface area contributed by atoms with Crippen molar-refractivity contribution >= 4 is 5.82 Å². The first-order valence-electron chi connectivity index (χ1n) is 6.12. The summed E-state index contributed by atoms with van der Waals surface area (Å²) in [6, 6.07) is 4.39. The van der Waals surface area contributed by atoms with Crippen LogP contribution >= 0.6 is 0 Å². The summed E-state index contributed by atoms with van der Waals surface area (Å²) in [5.41, 5.74) is 7.14. The lowest BCUT2D eigenvalue weighted by Gasteiger charge is -2.14. The van der Waals surface area contributed by atoms with Crippen molar-refractivity contribution in [2.24, 2.45) is 0 Å². The molecule has 2 aromatic rings. The molecular formula is C15H19N3. The topological polar surface area (TPSA) is 37.8 Å². The normalized spacial score (nSPS) is 10.5. The molecule has 0 bridgehead atoms. The number of nitrogens with one attached hydrogen (secondary N) is 1. The van der Waals surface area contributed by atoms with E-state index in [1.165, 1.54) is 22.3 Å². The molecule has 3 heteroatoms. The molecule has 0 aliphatic heterocycles. The van der Waals surface area contributed by atoms with Gasteiger partial charge in [-0.3, -0.25) is 0 Å². The molecule has 3 nitrogen and oxygen atoms in total. The van der Waals surface area contributed by atoms with E-state index in [-0.39, 0.29) is 0 Å². The summed E-state index contributed by atoms with van der Waals surface area (Å²) < 4.78 is 0. The Morgan fingerprint density at radius 2 is 1.56 bits per heavy atom. The number of nitrogens with zero attached hydrogens (tertiary/aromatic N) is 2. The summed E-state index contributed by atoms with van der Waals surface area (Å²) in [6.07, 6.45) is 1.62. The Morgan fingerprint density at radius 1 is 0.944 bits per heavy atom. The lowest BCUT2D eigenvalue weighted by Crippen LogP contribution is -2.01. The standard InChI is InChI=1S/C15H19N3/c1-9-6-10(2)13(11(3)7-9)14-12(4)15(16-5)18-8-17-14/h6-8H,1-5H3,(H,16,17,18). The minimum atomic E-state index is 0.888. The molecule has 1 aromatic carbocycles. The highest BCUT2D eigenvalue weighted by Gasteiger charge is 2.13.